The second kappa shape index (κ2) is 6.08. The van der Waals surface area contributed by atoms with Crippen molar-refractivity contribution >= 4 is 11.9 Å². The lowest BCUT2D eigenvalue weighted by molar-refractivity contribution is -0.111. The van der Waals surface area contributed by atoms with Crippen molar-refractivity contribution in [3.05, 3.63) is 58.2 Å². The summed E-state index contributed by atoms with van der Waals surface area (Å²) < 4.78 is 0. The molecule has 24 heavy (non-hydrogen) atoms. The molecule has 1 aromatic rings. The van der Waals surface area contributed by atoms with Gasteiger partial charge in [-0.25, -0.2) is 0 Å². The minimum absolute atomic E-state index is 0.0169. The van der Waals surface area contributed by atoms with Gasteiger partial charge >= 0.3 is 0 Å². The second-order valence-corrected chi connectivity index (χ2v) is 8.65. The Hall–Kier alpha value is -2.09. The van der Waals surface area contributed by atoms with Crippen molar-refractivity contribution in [2.45, 2.75) is 59.3 Å². The molecule has 1 aliphatic rings. The maximum absolute atomic E-state index is 12.1. The fourth-order valence-electron chi connectivity index (χ4n) is 2.84. The maximum atomic E-state index is 12.1. The van der Waals surface area contributed by atoms with Crippen LogP contribution in [0.3, 0.4) is 0 Å². The molecule has 0 heterocycles. The number of phenolic OH excluding ortho intramolecular Hbond substituents is 1. The van der Waals surface area contributed by atoms with Crippen LogP contribution in [0.1, 0.15) is 65.2 Å². The molecule has 1 aliphatic carbocycles. The summed E-state index contributed by atoms with van der Waals surface area (Å²) in [5.41, 5.74) is 4.14. The zero-order valence-electron chi connectivity index (χ0n) is 15.8. The molecule has 0 aromatic heterocycles. The summed E-state index contributed by atoms with van der Waals surface area (Å²) in [6.45, 7) is 14.5. The van der Waals surface area contributed by atoms with E-state index in [9.17, 15) is 9.90 Å². The number of ketones is 1. The van der Waals surface area contributed by atoms with Crippen LogP contribution in [0.4, 0.5) is 0 Å². The maximum Gasteiger partial charge on any atom is 0.185 e. The Balaban J connectivity index is 2.68. The van der Waals surface area contributed by atoms with Gasteiger partial charge in [0.1, 0.15) is 5.75 Å². The van der Waals surface area contributed by atoms with Gasteiger partial charge in [0.25, 0.3) is 0 Å². The first-order valence-corrected chi connectivity index (χ1v) is 8.40. The molecule has 2 rings (SSSR count). The van der Waals surface area contributed by atoms with Crippen molar-refractivity contribution in [3.8, 4) is 5.75 Å². The summed E-state index contributed by atoms with van der Waals surface area (Å²) in [6.07, 6.45) is 7.26. The molecule has 0 radical (unpaired) electrons. The minimum Gasteiger partial charge on any atom is -0.507 e. The Morgan fingerprint density at radius 2 is 1.42 bits per heavy atom. The molecule has 1 N–H and O–H groups in total. The third kappa shape index (κ3) is 3.87. The minimum atomic E-state index is -0.180. The van der Waals surface area contributed by atoms with Crippen molar-refractivity contribution in [1.29, 1.82) is 0 Å². The summed E-state index contributed by atoms with van der Waals surface area (Å²) in [4.78, 5) is 12.1. The van der Waals surface area contributed by atoms with Gasteiger partial charge in [-0.05, 0) is 53.7 Å². The number of carbonyl (C=O) groups excluding carboxylic acids is 1. The number of hydrogen-bond acceptors (Lipinski definition) is 2. The number of allylic oxidation sites excluding steroid dienone is 5. The fourth-order valence-corrected chi connectivity index (χ4v) is 2.84. The van der Waals surface area contributed by atoms with Gasteiger partial charge < -0.3 is 5.11 Å². The lowest BCUT2D eigenvalue weighted by Crippen LogP contribution is -2.17. The van der Waals surface area contributed by atoms with E-state index in [-0.39, 0.29) is 16.6 Å². The van der Waals surface area contributed by atoms with Gasteiger partial charge in [-0.2, -0.15) is 0 Å². The smallest absolute Gasteiger partial charge is 0.185 e. The van der Waals surface area contributed by atoms with Gasteiger partial charge in [-0.3, -0.25) is 4.79 Å². The predicted octanol–water partition coefficient (Wildman–Crippen LogP) is 5.46. The summed E-state index contributed by atoms with van der Waals surface area (Å²) in [6, 6.07) is 3.98. The molecule has 0 fully saturated rings. The standard InChI is InChI=1S/C22H28O2/c1-14-8-9-19(23)16(10-14)11-15-12-17(21(2,3)4)20(24)18(13-15)22(5,6)7/h8-13,24H,1-7H3. The average molecular weight is 324 g/mol. The van der Waals surface area contributed by atoms with Gasteiger partial charge in [-0.1, -0.05) is 53.2 Å². The largest absolute Gasteiger partial charge is 0.507 e. The van der Waals surface area contributed by atoms with Crippen LogP contribution in [0.25, 0.3) is 6.08 Å². The van der Waals surface area contributed by atoms with E-state index in [1.807, 2.05) is 37.3 Å². The molecule has 0 atom stereocenters. The van der Waals surface area contributed by atoms with E-state index >= 15 is 0 Å². The Kier molecular flexibility index (Phi) is 4.63. The molecule has 0 saturated heterocycles. The van der Waals surface area contributed by atoms with E-state index in [0.717, 1.165) is 22.3 Å². The first kappa shape index (κ1) is 18.3. The van der Waals surface area contributed by atoms with Crippen LogP contribution < -0.4 is 0 Å². The number of aromatic hydroxyl groups is 1. The number of benzene rings is 1. The molecular formula is C22H28O2. The highest BCUT2D eigenvalue weighted by molar-refractivity contribution is 6.10. The van der Waals surface area contributed by atoms with Gasteiger partial charge in [0.2, 0.25) is 0 Å². The first-order chi connectivity index (χ1) is 10.9. The van der Waals surface area contributed by atoms with Crippen LogP contribution in [0.15, 0.2) is 41.5 Å². The van der Waals surface area contributed by atoms with Crippen molar-refractivity contribution in [3.63, 3.8) is 0 Å². The average Bonchev–Trinajstić information content (AvgIpc) is 2.42. The Morgan fingerprint density at radius 1 is 0.917 bits per heavy atom. The molecule has 0 amide bonds. The Labute approximate surface area is 145 Å². The molecular weight excluding hydrogens is 296 g/mol. The molecule has 0 aliphatic heterocycles. The van der Waals surface area contributed by atoms with Gasteiger partial charge in [-0.15, -0.1) is 0 Å². The molecule has 2 heteroatoms. The monoisotopic (exact) mass is 324 g/mol. The van der Waals surface area contributed by atoms with Crippen LogP contribution in [0, 0.1) is 0 Å². The van der Waals surface area contributed by atoms with Gasteiger partial charge in [0, 0.05) is 16.7 Å². The van der Waals surface area contributed by atoms with Crippen molar-refractivity contribution in [1.82, 2.24) is 0 Å². The molecule has 128 valence electrons. The number of carbonyl (C=O) groups is 1. The van der Waals surface area contributed by atoms with Crippen molar-refractivity contribution in [2.75, 3.05) is 0 Å². The highest BCUT2D eigenvalue weighted by Gasteiger charge is 2.26. The SMILES string of the molecule is CC1=CC(=Cc2cc(C(C)(C)C)c(O)c(C(C)(C)C)c2)C(=O)C=C1. The lowest BCUT2D eigenvalue weighted by atomic mass is 9.78. The predicted molar refractivity (Wildman–Crippen MR) is 101 cm³/mol. The quantitative estimate of drug-likeness (QED) is 0.697. The summed E-state index contributed by atoms with van der Waals surface area (Å²) in [5.74, 6) is 0.377. The van der Waals surface area contributed by atoms with Crippen LogP contribution >= 0.6 is 0 Å². The zero-order valence-corrected chi connectivity index (χ0v) is 15.8. The Morgan fingerprint density at radius 3 is 1.88 bits per heavy atom. The van der Waals surface area contributed by atoms with Gasteiger partial charge in [0.05, 0.1) is 0 Å². The number of rotatable bonds is 1. The third-order valence-electron chi connectivity index (χ3n) is 4.24. The Bertz CT molecular complexity index is 725. The van der Waals surface area contributed by atoms with E-state index < -0.39 is 0 Å². The van der Waals surface area contributed by atoms with E-state index in [4.69, 9.17) is 0 Å². The molecule has 2 nitrogen and oxygen atoms in total. The van der Waals surface area contributed by atoms with E-state index in [1.54, 1.807) is 6.08 Å². The molecule has 0 spiro atoms. The van der Waals surface area contributed by atoms with Crippen LogP contribution in [-0.4, -0.2) is 10.9 Å². The topological polar surface area (TPSA) is 37.3 Å². The lowest BCUT2D eigenvalue weighted by Gasteiger charge is -2.28. The highest BCUT2D eigenvalue weighted by atomic mass is 16.3. The first-order valence-electron chi connectivity index (χ1n) is 8.40. The number of hydrogen-bond donors (Lipinski definition) is 1. The van der Waals surface area contributed by atoms with Crippen LogP contribution in [0.5, 0.6) is 5.75 Å². The molecule has 1 aromatic carbocycles. The molecule has 0 unspecified atom stereocenters. The summed E-state index contributed by atoms with van der Waals surface area (Å²) in [5, 5.41) is 10.8. The zero-order chi connectivity index (χ0) is 18.3. The van der Waals surface area contributed by atoms with E-state index in [2.05, 4.69) is 41.5 Å². The normalized spacial score (nSPS) is 17.4. The fraction of sp³-hybridized carbons (Fsp3) is 0.409. The molecule has 0 saturated carbocycles. The highest BCUT2D eigenvalue weighted by Crippen LogP contribution is 2.40. The van der Waals surface area contributed by atoms with Gasteiger partial charge in [0.15, 0.2) is 5.78 Å². The third-order valence-corrected chi connectivity index (χ3v) is 4.24. The van der Waals surface area contributed by atoms with E-state index in [1.165, 1.54) is 0 Å². The number of phenols is 1. The summed E-state index contributed by atoms with van der Waals surface area (Å²) in [7, 11) is 0. The summed E-state index contributed by atoms with van der Waals surface area (Å²) >= 11 is 0. The van der Waals surface area contributed by atoms with E-state index in [0.29, 0.717) is 11.3 Å². The van der Waals surface area contributed by atoms with Crippen molar-refractivity contribution in [2.24, 2.45) is 0 Å². The van der Waals surface area contributed by atoms with Crippen LogP contribution in [0.2, 0.25) is 0 Å². The van der Waals surface area contributed by atoms with Crippen molar-refractivity contribution < 1.29 is 9.90 Å². The van der Waals surface area contributed by atoms with Crippen LogP contribution in [-0.2, 0) is 15.6 Å². The second-order valence-electron chi connectivity index (χ2n) is 8.65. The molecule has 0 bridgehead atoms.